The fourth-order valence-corrected chi connectivity index (χ4v) is 1.45. The lowest BCUT2D eigenvalue weighted by molar-refractivity contribution is 0.214. The quantitative estimate of drug-likeness (QED) is 0.835. The molecule has 0 unspecified atom stereocenters. The van der Waals surface area contributed by atoms with E-state index in [0.29, 0.717) is 5.95 Å². The van der Waals surface area contributed by atoms with Crippen molar-refractivity contribution < 1.29 is 5.11 Å². The molecular formula is C12H22N4O. The number of aliphatic hydroxyl groups excluding tert-OH is 1. The van der Waals surface area contributed by atoms with E-state index in [2.05, 4.69) is 22.1 Å². The fraction of sp³-hybridized carbons (Fsp3) is 0.750. The molecule has 17 heavy (non-hydrogen) atoms. The first-order valence-corrected chi connectivity index (χ1v) is 6.03. The molecule has 1 aromatic rings. The van der Waals surface area contributed by atoms with E-state index < -0.39 is 0 Å². The summed E-state index contributed by atoms with van der Waals surface area (Å²) in [4.78, 5) is 6.38. The number of hydrogen-bond acceptors (Lipinski definition) is 5. The summed E-state index contributed by atoms with van der Waals surface area (Å²) in [5.41, 5.74) is 1.55. The molecule has 0 spiro atoms. The van der Waals surface area contributed by atoms with Crippen molar-refractivity contribution in [1.82, 2.24) is 15.2 Å². The van der Waals surface area contributed by atoms with Gasteiger partial charge in [0.2, 0.25) is 5.95 Å². The number of likely N-dealkylation sites (N-methyl/N-ethyl adjacent to an activating group) is 1. The van der Waals surface area contributed by atoms with Gasteiger partial charge in [-0.05, 0) is 26.7 Å². The summed E-state index contributed by atoms with van der Waals surface area (Å²) >= 11 is 0. The summed E-state index contributed by atoms with van der Waals surface area (Å²) < 4.78 is 0. The smallest absolute Gasteiger partial charge is 0.245 e. The van der Waals surface area contributed by atoms with E-state index in [1.54, 1.807) is 0 Å². The second-order valence-electron chi connectivity index (χ2n) is 4.74. The minimum absolute atomic E-state index is 0.0455. The zero-order valence-corrected chi connectivity index (χ0v) is 11.4. The van der Waals surface area contributed by atoms with Crippen molar-refractivity contribution in [3.63, 3.8) is 0 Å². The van der Waals surface area contributed by atoms with Crippen molar-refractivity contribution in [2.24, 2.45) is 0 Å². The SMILES string of the molecule is CCc1nnc(N(C)C(C)(C)CO)nc1CC. The molecular weight excluding hydrogens is 216 g/mol. The van der Waals surface area contributed by atoms with Gasteiger partial charge in [0, 0.05) is 7.05 Å². The summed E-state index contributed by atoms with van der Waals surface area (Å²) in [6.45, 7) is 8.03. The highest BCUT2D eigenvalue weighted by Crippen LogP contribution is 2.18. The molecule has 0 amide bonds. The summed E-state index contributed by atoms with van der Waals surface area (Å²) in [5.74, 6) is 0.568. The molecule has 1 aromatic heterocycles. The molecule has 0 radical (unpaired) electrons. The maximum Gasteiger partial charge on any atom is 0.245 e. The van der Waals surface area contributed by atoms with Crippen LogP contribution in [0.2, 0.25) is 0 Å². The van der Waals surface area contributed by atoms with Crippen LogP contribution in [0.25, 0.3) is 0 Å². The topological polar surface area (TPSA) is 62.1 Å². The third-order valence-electron chi connectivity index (χ3n) is 3.09. The number of aliphatic hydroxyl groups is 1. The minimum atomic E-state index is -0.388. The van der Waals surface area contributed by atoms with Crippen molar-refractivity contribution in [3.8, 4) is 0 Å². The van der Waals surface area contributed by atoms with Crippen LogP contribution in [0.4, 0.5) is 5.95 Å². The predicted octanol–water partition coefficient (Wildman–Crippen LogP) is 1.20. The molecule has 1 heterocycles. The number of rotatable bonds is 5. The van der Waals surface area contributed by atoms with Gasteiger partial charge in [-0.1, -0.05) is 13.8 Å². The zero-order chi connectivity index (χ0) is 13.1. The number of hydrogen-bond donors (Lipinski definition) is 1. The molecule has 0 aromatic carbocycles. The maximum absolute atomic E-state index is 9.34. The summed E-state index contributed by atoms with van der Waals surface area (Å²) in [5, 5.41) is 17.7. The predicted molar refractivity (Wildman–Crippen MR) is 68.2 cm³/mol. The standard InChI is InChI=1S/C12H22N4O/c1-6-9-10(7-2)14-15-11(13-9)16(5)12(3,4)8-17/h17H,6-8H2,1-5H3. The van der Waals surface area contributed by atoms with Crippen LogP contribution >= 0.6 is 0 Å². The van der Waals surface area contributed by atoms with Gasteiger partial charge in [-0.3, -0.25) is 0 Å². The second kappa shape index (κ2) is 5.40. The highest BCUT2D eigenvalue weighted by Gasteiger charge is 2.25. The van der Waals surface area contributed by atoms with Gasteiger partial charge >= 0.3 is 0 Å². The van der Waals surface area contributed by atoms with Gasteiger partial charge in [-0.15, -0.1) is 5.10 Å². The normalized spacial score (nSPS) is 11.6. The Hall–Kier alpha value is -1.23. The fourth-order valence-electron chi connectivity index (χ4n) is 1.45. The maximum atomic E-state index is 9.34. The van der Waals surface area contributed by atoms with E-state index in [9.17, 15) is 5.11 Å². The van der Waals surface area contributed by atoms with Gasteiger partial charge in [-0.2, -0.15) is 5.10 Å². The van der Waals surface area contributed by atoms with Crippen LogP contribution in [0.3, 0.4) is 0 Å². The lowest BCUT2D eigenvalue weighted by Crippen LogP contribution is -2.45. The molecule has 0 saturated heterocycles. The zero-order valence-electron chi connectivity index (χ0n) is 11.4. The van der Waals surface area contributed by atoms with Gasteiger partial charge in [0.1, 0.15) is 0 Å². The Morgan fingerprint density at radius 3 is 2.18 bits per heavy atom. The molecule has 0 saturated carbocycles. The molecule has 0 aliphatic rings. The van der Waals surface area contributed by atoms with Crippen LogP contribution < -0.4 is 4.90 Å². The lowest BCUT2D eigenvalue weighted by Gasteiger charge is -2.33. The summed E-state index contributed by atoms with van der Waals surface area (Å²) in [6, 6.07) is 0. The van der Waals surface area contributed by atoms with Crippen molar-refractivity contribution in [2.45, 2.75) is 46.1 Å². The van der Waals surface area contributed by atoms with Crippen molar-refractivity contribution in [1.29, 1.82) is 0 Å². The first-order valence-electron chi connectivity index (χ1n) is 6.03. The first-order chi connectivity index (χ1) is 7.96. The second-order valence-corrected chi connectivity index (χ2v) is 4.74. The van der Waals surface area contributed by atoms with E-state index in [1.807, 2.05) is 32.7 Å². The number of aryl methyl sites for hydroxylation is 2. The van der Waals surface area contributed by atoms with Crippen LogP contribution in [0.1, 0.15) is 39.1 Å². The summed E-state index contributed by atoms with van der Waals surface area (Å²) in [7, 11) is 1.87. The molecule has 1 N–H and O–H groups in total. The van der Waals surface area contributed by atoms with E-state index >= 15 is 0 Å². The Bertz CT molecular complexity index is 379. The van der Waals surface area contributed by atoms with Crippen molar-refractivity contribution in [3.05, 3.63) is 11.4 Å². The van der Waals surface area contributed by atoms with Crippen molar-refractivity contribution >= 4 is 5.95 Å². The Morgan fingerprint density at radius 2 is 1.71 bits per heavy atom. The van der Waals surface area contributed by atoms with Crippen LogP contribution in [0.15, 0.2) is 0 Å². The van der Waals surface area contributed by atoms with Crippen molar-refractivity contribution in [2.75, 3.05) is 18.6 Å². The van der Waals surface area contributed by atoms with E-state index in [-0.39, 0.29) is 12.1 Å². The molecule has 1 rings (SSSR count). The molecule has 5 nitrogen and oxygen atoms in total. The Morgan fingerprint density at radius 1 is 1.12 bits per heavy atom. The van der Waals surface area contributed by atoms with Crippen LogP contribution in [0.5, 0.6) is 0 Å². The number of nitrogens with zero attached hydrogens (tertiary/aromatic N) is 4. The Labute approximate surface area is 103 Å². The van der Waals surface area contributed by atoms with Gasteiger partial charge in [0.15, 0.2) is 0 Å². The largest absolute Gasteiger partial charge is 0.394 e. The van der Waals surface area contributed by atoms with Crippen LogP contribution in [0, 0.1) is 0 Å². The van der Waals surface area contributed by atoms with E-state index in [0.717, 1.165) is 24.2 Å². The molecule has 5 heteroatoms. The highest BCUT2D eigenvalue weighted by molar-refractivity contribution is 5.33. The average molecular weight is 238 g/mol. The number of aromatic nitrogens is 3. The van der Waals surface area contributed by atoms with Gasteiger partial charge < -0.3 is 10.0 Å². The third kappa shape index (κ3) is 2.91. The van der Waals surface area contributed by atoms with Gasteiger partial charge in [-0.25, -0.2) is 4.98 Å². The molecule has 0 aliphatic heterocycles. The molecule has 96 valence electrons. The van der Waals surface area contributed by atoms with E-state index in [1.165, 1.54) is 0 Å². The molecule has 0 aliphatic carbocycles. The molecule has 0 bridgehead atoms. The van der Waals surface area contributed by atoms with Crippen LogP contribution in [-0.2, 0) is 12.8 Å². The Kier molecular flexibility index (Phi) is 4.40. The first kappa shape index (κ1) is 13.8. The van der Waals surface area contributed by atoms with E-state index in [4.69, 9.17) is 0 Å². The molecule has 0 atom stereocenters. The van der Waals surface area contributed by atoms with Crippen LogP contribution in [-0.4, -0.2) is 39.5 Å². The summed E-state index contributed by atoms with van der Waals surface area (Å²) in [6.07, 6.45) is 1.69. The third-order valence-corrected chi connectivity index (χ3v) is 3.09. The molecule has 0 fully saturated rings. The average Bonchev–Trinajstić information content (AvgIpc) is 2.36. The van der Waals surface area contributed by atoms with Gasteiger partial charge in [0.05, 0.1) is 23.5 Å². The van der Waals surface area contributed by atoms with Gasteiger partial charge in [0.25, 0.3) is 0 Å². The Balaban J connectivity index is 3.07. The highest BCUT2D eigenvalue weighted by atomic mass is 16.3. The lowest BCUT2D eigenvalue weighted by atomic mass is 10.1. The monoisotopic (exact) mass is 238 g/mol. The minimum Gasteiger partial charge on any atom is -0.394 e. The number of anilines is 1.